The third kappa shape index (κ3) is 6.98. The van der Waals surface area contributed by atoms with Gasteiger partial charge in [0.1, 0.15) is 21.7 Å². The Hall–Kier alpha value is -4.42. The van der Waals surface area contributed by atoms with Gasteiger partial charge in [-0.3, -0.25) is 4.79 Å². The average molecular weight is 624 g/mol. The van der Waals surface area contributed by atoms with E-state index >= 15 is 0 Å². The van der Waals surface area contributed by atoms with Crippen LogP contribution in [0.4, 0.5) is 5.00 Å². The highest BCUT2D eigenvalue weighted by Gasteiger charge is 2.23. The number of halogens is 1. The smallest absolute Gasteiger partial charge is 0.341 e. The van der Waals surface area contributed by atoms with Crippen LogP contribution in [0.25, 0.3) is 33.5 Å². The van der Waals surface area contributed by atoms with Crippen LogP contribution in [0, 0.1) is 18.3 Å². The van der Waals surface area contributed by atoms with E-state index in [1.165, 1.54) is 23.1 Å². The third-order valence-corrected chi connectivity index (χ3v) is 8.67. The number of pyridine rings is 1. The first kappa shape index (κ1) is 30.1. The minimum absolute atomic E-state index is 0.0279. The molecule has 9 heteroatoms. The van der Waals surface area contributed by atoms with Crippen LogP contribution in [0.15, 0.2) is 95.3 Å². The Morgan fingerprint density at radius 3 is 2.33 bits per heavy atom. The molecule has 0 aliphatic rings. The monoisotopic (exact) mass is 623 g/mol. The van der Waals surface area contributed by atoms with Gasteiger partial charge in [0.15, 0.2) is 0 Å². The Morgan fingerprint density at radius 1 is 0.977 bits per heavy atom. The summed E-state index contributed by atoms with van der Waals surface area (Å²) >= 11 is 8.56. The highest BCUT2D eigenvalue weighted by molar-refractivity contribution is 8.00. The molecule has 0 spiro atoms. The predicted octanol–water partition coefficient (Wildman–Crippen LogP) is 8.89. The zero-order valence-corrected chi connectivity index (χ0v) is 25.8. The largest absolute Gasteiger partial charge is 0.462 e. The van der Waals surface area contributed by atoms with Gasteiger partial charge in [0.2, 0.25) is 5.91 Å². The number of thioether (sulfide) groups is 1. The van der Waals surface area contributed by atoms with Crippen molar-refractivity contribution >= 4 is 51.6 Å². The van der Waals surface area contributed by atoms with Gasteiger partial charge in [-0.25, -0.2) is 9.78 Å². The molecule has 43 heavy (non-hydrogen) atoms. The number of rotatable bonds is 9. The molecule has 0 aliphatic carbocycles. The van der Waals surface area contributed by atoms with E-state index in [-0.39, 0.29) is 18.3 Å². The summed E-state index contributed by atoms with van der Waals surface area (Å²) < 4.78 is 5.31. The van der Waals surface area contributed by atoms with E-state index in [0.29, 0.717) is 43.0 Å². The van der Waals surface area contributed by atoms with Crippen molar-refractivity contribution in [2.24, 2.45) is 0 Å². The third-order valence-electron chi connectivity index (χ3n) is 6.55. The highest BCUT2D eigenvalue weighted by Crippen LogP contribution is 2.37. The molecular weight excluding hydrogens is 598 g/mol. The Bertz CT molecular complexity index is 1810. The quantitative estimate of drug-likeness (QED) is 0.130. The SMILES string of the molecule is CCOC(=O)c1c(-c2ccccc2)csc1NC(=O)CSc1nc(-c2ccc(C)cc2)cc(-c2ccc(Cl)cc2)c1C#N. The maximum Gasteiger partial charge on any atom is 0.341 e. The molecule has 0 saturated carbocycles. The first-order valence-electron chi connectivity index (χ1n) is 13.4. The minimum atomic E-state index is -0.502. The number of ether oxygens (including phenoxy) is 1. The number of aryl methyl sites for hydroxylation is 1. The molecule has 2 aromatic heterocycles. The van der Waals surface area contributed by atoms with Crippen LogP contribution in [0.3, 0.4) is 0 Å². The van der Waals surface area contributed by atoms with E-state index in [1.54, 1.807) is 19.1 Å². The van der Waals surface area contributed by atoms with Crippen LogP contribution >= 0.6 is 34.7 Å². The van der Waals surface area contributed by atoms with Gasteiger partial charge in [0.05, 0.1) is 23.6 Å². The van der Waals surface area contributed by atoms with Gasteiger partial charge in [-0.15, -0.1) is 11.3 Å². The molecule has 0 aliphatic heterocycles. The van der Waals surface area contributed by atoms with E-state index < -0.39 is 5.97 Å². The van der Waals surface area contributed by atoms with Gasteiger partial charge >= 0.3 is 5.97 Å². The fourth-order valence-corrected chi connectivity index (χ4v) is 6.35. The number of nitrogens with zero attached hydrogens (tertiary/aromatic N) is 2. The molecule has 0 fully saturated rings. The zero-order chi connectivity index (χ0) is 30.3. The lowest BCUT2D eigenvalue weighted by Gasteiger charge is -2.13. The number of hydrogen-bond acceptors (Lipinski definition) is 7. The molecular formula is C34H26ClN3O3S2. The highest BCUT2D eigenvalue weighted by atomic mass is 35.5. The molecule has 0 unspecified atom stereocenters. The number of amides is 1. The maximum absolute atomic E-state index is 13.2. The number of nitrogens with one attached hydrogen (secondary N) is 1. The van der Waals surface area contributed by atoms with Crippen molar-refractivity contribution in [2.45, 2.75) is 18.9 Å². The number of anilines is 1. The number of esters is 1. The lowest BCUT2D eigenvalue weighted by atomic mass is 9.99. The summed E-state index contributed by atoms with van der Waals surface area (Å²) in [5, 5.41) is 16.3. The number of thiophene rings is 1. The van der Waals surface area contributed by atoms with Crippen molar-refractivity contribution < 1.29 is 14.3 Å². The van der Waals surface area contributed by atoms with Crippen LogP contribution in [-0.4, -0.2) is 29.2 Å². The minimum Gasteiger partial charge on any atom is -0.462 e. The molecule has 5 aromatic rings. The van der Waals surface area contributed by atoms with E-state index in [4.69, 9.17) is 21.3 Å². The summed E-state index contributed by atoms with van der Waals surface area (Å²) in [6.45, 7) is 3.96. The molecule has 2 heterocycles. The van der Waals surface area contributed by atoms with E-state index in [0.717, 1.165) is 22.3 Å². The van der Waals surface area contributed by atoms with Crippen molar-refractivity contribution in [1.82, 2.24) is 4.98 Å². The Balaban J connectivity index is 1.46. The maximum atomic E-state index is 13.2. The van der Waals surface area contributed by atoms with E-state index in [1.807, 2.05) is 85.1 Å². The van der Waals surface area contributed by atoms with Gasteiger partial charge in [0.25, 0.3) is 0 Å². The van der Waals surface area contributed by atoms with Crippen LogP contribution < -0.4 is 5.32 Å². The molecule has 0 radical (unpaired) electrons. The van der Waals surface area contributed by atoms with E-state index in [9.17, 15) is 14.9 Å². The molecule has 3 aromatic carbocycles. The number of carbonyl (C=O) groups is 2. The van der Waals surface area contributed by atoms with Gasteiger partial charge < -0.3 is 10.1 Å². The van der Waals surface area contributed by atoms with Gasteiger partial charge in [-0.05, 0) is 43.2 Å². The first-order chi connectivity index (χ1) is 20.9. The summed E-state index contributed by atoms with van der Waals surface area (Å²) in [7, 11) is 0. The zero-order valence-electron chi connectivity index (χ0n) is 23.4. The number of carbonyl (C=O) groups excluding carboxylic acids is 2. The Labute approximate surface area is 263 Å². The Kier molecular flexibility index (Phi) is 9.58. The summed E-state index contributed by atoms with van der Waals surface area (Å²) in [4.78, 5) is 31.0. The van der Waals surface area contributed by atoms with Crippen LogP contribution in [0.1, 0.15) is 28.4 Å². The molecule has 1 N–H and O–H groups in total. The molecule has 0 bridgehead atoms. The van der Waals surface area contributed by atoms with Crippen molar-refractivity contribution in [3.05, 3.63) is 112 Å². The predicted molar refractivity (Wildman–Crippen MR) is 175 cm³/mol. The summed E-state index contributed by atoms with van der Waals surface area (Å²) in [6.07, 6.45) is 0. The molecule has 0 saturated heterocycles. The van der Waals surface area contributed by atoms with Gasteiger partial charge in [0, 0.05) is 27.1 Å². The molecule has 5 rings (SSSR count). The molecule has 0 atom stereocenters. The Morgan fingerprint density at radius 2 is 1.65 bits per heavy atom. The van der Waals surface area contributed by atoms with Crippen LogP contribution in [0.2, 0.25) is 5.02 Å². The van der Waals surface area contributed by atoms with Crippen molar-refractivity contribution in [2.75, 3.05) is 17.7 Å². The number of aromatic nitrogens is 1. The lowest BCUT2D eigenvalue weighted by Crippen LogP contribution is -2.16. The fourth-order valence-electron chi connectivity index (χ4n) is 4.45. The van der Waals surface area contributed by atoms with Crippen molar-refractivity contribution in [3.63, 3.8) is 0 Å². The van der Waals surface area contributed by atoms with Crippen LogP contribution in [0.5, 0.6) is 0 Å². The molecule has 214 valence electrons. The van der Waals surface area contributed by atoms with Gasteiger partial charge in [-0.2, -0.15) is 5.26 Å². The van der Waals surface area contributed by atoms with E-state index in [2.05, 4.69) is 11.4 Å². The summed E-state index contributed by atoms with van der Waals surface area (Å²) in [5.41, 5.74) is 6.43. The average Bonchev–Trinajstić information content (AvgIpc) is 3.44. The second kappa shape index (κ2) is 13.7. The summed E-state index contributed by atoms with van der Waals surface area (Å²) in [5.74, 6) is -0.867. The fraction of sp³-hybridized carbons (Fsp3) is 0.118. The topological polar surface area (TPSA) is 92.1 Å². The number of hydrogen-bond donors (Lipinski definition) is 1. The molecule has 1 amide bonds. The van der Waals surface area contributed by atoms with Crippen molar-refractivity contribution in [3.8, 4) is 39.6 Å². The standard InChI is InChI=1S/C34H26ClN3O3S2/c1-3-41-34(40)31-28(22-7-5-4-6-8-22)19-42-33(31)38-30(39)20-43-32-27(18-36)26(23-13-15-25(35)16-14-23)17-29(37-32)24-11-9-21(2)10-12-24/h4-17,19H,3,20H2,1-2H3,(H,38,39). The van der Waals surface area contributed by atoms with Crippen molar-refractivity contribution in [1.29, 1.82) is 5.26 Å². The summed E-state index contributed by atoms with van der Waals surface area (Å²) in [6, 6.07) is 28.9. The second-order valence-electron chi connectivity index (χ2n) is 9.50. The first-order valence-corrected chi connectivity index (χ1v) is 15.7. The van der Waals surface area contributed by atoms with Gasteiger partial charge in [-0.1, -0.05) is 95.7 Å². The number of nitriles is 1. The number of benzene rings is 3. The van der Waals surface area contributed by atoms with Crippen LogP contribution in [-0.2, 0) is 9.53 Å². The normalized spacial score (nSPS) is 10.7. The molecule has 6 nitrogen and oxygen atoms in total. The lowest BCUT2D eigenvalue weighted by molar-refractivity contribution is -0.113. The second-order valence-corrected chi connectivity index (χ2v) is 11.8.